The number of fused-ring (bicyclic) bond motifs is 1. The van der Waals surface area contributed by atoms with Gasteiger partial charge in [-0.3, -0.25) is 9.78 Å². The third kappa shape index (κ3) is 1.31. The minimum Gasteiger partial charge on any atom is -0.390 e. The van der Waals surface area contributed by atoms with Crippen LogP contribution in [-0.4, -0.2) is 15.1 Å². The Morgan fingerprint density at radius 1 is 1.38 bits per heavy atom. The van der Waals surface area contributed by atoms with Gasteiger partial charge in [-0.05, 0) is 12.1 Å². The van der Waals surface area contributed by atoms with E-state index in [9.17, 15) is 4.79 Å². The third-order valence-corrected chi connectivity index (χ3v) is 1.88. The quantitative estimate of drug-likeness (QED) is 0.661. The Morgan fingerprint density at radius 2 is 2.23 bits per heavy atom. The largest absolute Gasteiger partial charge is 0.390 e. The molecule has 0 atom stereocenters. The van der Waals surface area contributed by atoms with Gasteiger partial charge in [-0.15, -0.1) is 0 Å². The summed E-state index contributed by atoms with van der Waals surface area (Å²) in [6.45, 7) is -0.122. The van der Waals surface area contributed by atoms with Gasteiger partial charge in [0.25, 0.3) is 0 Å². The summed E-state index contributed by atoms with van der Waals surface area (Å²) in [5.74, 6) is 0. The fourth-order valence-electron chi connectivity index (χ4n) is 1.27. The summed E-state index contributed by atoms with van der Waals surface area (Å²) >= 11 is 0. The maximum absolute atomic E-state index is 10.9. The fraction of sp³-hybridized carbons (Fsp3) is 0.111. The van der Waals surface area contributed by atoms with Gasteiger partial charge in [0.1, 0.15) is 0 Å². The molecule has 0 fully saturated rings. The summed E-state index contributed by atoms with van der Waals surface area (Å²) in [6.07, 6.45) is 1.56. The van der Waals surface area contributed by atoms with Crippen LogP contribution in [0.15, 0.2) is 29.2 Å². The highest BCUT2D eigenvalue weighted by Gasteiger charge is 2.00. The molecule has 0 aliphatic carbocycles. The maximum atomic E-state index is 10.9. The number of aliphatic hydroxyl groups excluding tert-OH is 1. The summed E-state index contributed by atoms with van der Waals surface area (Å²) in [4.78, 5) is 17.6. The molecular formula is C9H8N2O2. The van der Waals surface area contributed by atoms with E-state index in [1.807, 2.05) is 0 Å². The zero-order valence-corrected chi connectivity index (χ0v) is 6.82. The van der Waals surface area contributed by atoms with E-state index in [2.05, 4.69) is 9.97 Å². The molecule has 0 aliphatic rings. The van der Waals surface area contributed by atoms with Crippen LogP contribution in [0.1, 0.15) is 5.69 Å². The summed E-state index contributed by atoms with van der Waals surface area (Å²) in [6, 6.07) is 4.78. The Morgan fingerprint density at radius 3 is 3.00 bits per heavy atom. The van der Waals surface area contributed by atoms with Gasteiger partial charge >= 0.3 is 0 Å². The number of hydrogen-bond donors (Lipinski definition) is 2. The molecule has 13 heavy (non-hydrogen) atoms. The molecule has 2 aromatic heterocycles. The van der Waals surface area contributed by atoms with Crippen LogP contribution in [0.3, 0.4) is 0 Å². The van der Waals surface area contributed by atoms with Crippen LogP contribution < -0.4 is 5.56 Å². The normalized spacial score (nSPS) is 10.5. The van der Waals surface area contributed by atoms with Crippen molar-refractivity contribution in [2.45, 2.75) is 6.61 Å². The average molecular weight is 176 g/mol. The van der Waals surface area contributed by atoms with E-state index in [0.29, 0.717) is 11.2 Å². The number of aromatic nitrogens is 2. The molecule has 0 saturated heterocycles. The molecule has 2 rings (SSSR count). The molecule has 0 amide bonds. The highest BCUT2D eigenvalue weighted by Crippen LogP contribution is 2.11. The van der Waals surface area contributed by atoms with Gasteiger partial charge in [0.2, 0.25) is 5.56 Å². The van der Waals surface area contributed by atoms with E-state index < -0.39 is 0 Å². The van der Waals surface area contributed by atoms with E-state index in [0.717, 1.165) is 5.39 Å². The Hall–Kier alpha value is -1.68. The van der Waals surface area contributed by atoms with Gasteiger partial charge in [0.15, 0.2) is 0 Å². The van der Waals surface area contributed by atoms with Crippen molar-refractivity contribution in [3.05, 3.63) is 40.4 Å². The van der Waals surface area contributed by atoms with Crippen LogP contribution in [0.25, 0.3) is 10.9 Å². The minimum absolute atomic E-state index is 0.122. The molecule has 2 heterocycles. The van der Waals surface area contributed by atoms with Crippen molar-refractivity contribution < 1.29 is 5.11 Å². The van der Waals surface area contributed by atoms with Crippen molar-refractivity contribution in [3.63, 3.8) is 0 Å². The molecule has 0 radical (unpaired) electrons. The predicted octanol–water partition coefficient (Wildman–Crippen LogP) is 0.415. The lowest BCUT2D eigenvalue weighted by molar-refractivity contribution is 0.278. The van der Waals surface area contributed by atoms with Gasteiger partial charge in [-0.1, -0.05) is 0 Å². The first kappa shape index (κ1) is 7.94. The summed E-state index contributed by atoms with van der Waals surface area (Å²) in [7, 11) is 0. The molecule has 66 valence electrons. The Kier molecular flexibility index (Phi) is 1.83. The van der Waals surface area contributed by atoms with Crippen LogP contribution in [0.4, 0.5) is 0 Å². The van der Waals surface area contributed by atoms with Gasteiger partial charge < -0.3 is 10.1 Å². The second-order valence-corrected chi connectivity index (χ2v) is 2.70. The molecule has 0 spiro atoms. The van der Waals surface area contributed by atoms with E-state index in [4.69, 9.17) is 5.11 Å². The molecule has 0 saturated carbocycles. The van der Waals surface area contributed by atoms with Crippen molar-refractivity contribution in [2.75, 3.05) is 0 Å². The first-order valence-electron chi connectivity index (χ1n) is 3.89. The van der Waals surface area contributed by atoms with Crippen LogP contribution in [0, 0.1) is 0 Å². The van der Waals surface area contributed by atoms with Crippen molar-refractivity contribution in [1.29, 1.82) is 0 Å². The molecule has 2 aromatic rings. The number of H-pyrrole nitrogens is 1. The predicted molar refractivity (Wildman–Crippen MR) is 48.3 cm³/mol. The van der Waals surface area contributed by atoms with Crippen molar-refractivity contribution in [1.82, 2.24) is 9.97 Å². The van der Waals surface area contributed by atoms with E-state index in [1.54, 1.807) is 18.3 Å². The van der Waals surface area contributed by atoms with Crippen LogP contribution in [-0.2, 0) is 6.61 Å². The lowest BCUT2D eigenvalue weighted by atomic mass is 10.2. The summed E-state index contributed by atoms with van der Waals surface area (Å²) in [5, 5.41) is 9.73. The van der Waals surface area contributed by atoms with Crippen LogP contribution in [0.2, 0.25) is 0 Å². The lowest BCUT2D eigenvalue weighted by Gasteiger charge is -2.00. The van der Waals surface area contributed by atoms with E-state index in [1.165, 1.54) is 6.07 Å². The van der Waals surface area contributed by atoms with E-state index in [-0.39, 0.29) is 12.2 Å². The number of pyridine rings is 2. The van der Waals surface area contributed by atoms with Crippen LogP contribution >= 0.6 is 0 Å². The highest BCUT2D eigenvalue weighted by atomic mass is 16.3. The molecule has 4 nitrogen and oxygen atoms in total. The monoisotopic (exact) mass is 176 g/mol. The second-order valence-electron chi connectivity index (χ2n) is 2.70. The van der Waals surface area contributed by atoms with Gasteiger partial charge in [0, 0.05) is 17.6 Å². The summed E-state index contributed by atoms with van der Waals surface area (Å²) < 4.78 is 0. The summed E-state index contributed by atoms with van der Waals surface area (Å²) in [5.41, 5.74) is 1.13. The second kappa shape index (κ2) is 2.99. The van der Waals surface area contributed by atoms with E-state index >= 15 is 0 Å². The number of nitrogens with zero attached hydrogens (tertiary/aromatic N) is 1. The zero-order chi connectivity index (χ0) is 9.26. The topological polar surface area (TPSA) is 66.0 Å². The highest BCUT2D eigenvalue weighted by molar-refractivity contribution is 5.80. The first-order chi connectivity index (χ1) is 6.31. The maximum Gasteiger partial charge on any atom is 0.248 e. The third-order valence-electron chi connectivity index (χ3n) is 1.88. The van der Waals surface area contributed by atoms with Crippen LogP contribution in [0.5, 0.6) is 0 Å². The SMILES string of the molecule is O=c1ccc2c(CO)nccc2[nH]1. The number of aliphatic hydroxyl groups is 1. The number of aromatic amines is 1. The lowest BCUT2D eigenvalue weighted by Crippen LogP contribution is -2.04. The Balaban J connectivity index is 2.85. The molecule has 0 unspecified atom stereocenters. The Labute approximate surface area is 73.9 Å². The van der Waals surface area contributed by atoms with Crippen molar-refractivity contribution >= 4 is 10.9 Å². The number of rotatable bonds is 1. The van der Waals surface area contributed by atoms with Gasteiger partial charge in [0.05, 0.1) is 17.8 Å². The molecular weight excluding hydrogens is 168 g/mol. The van der Waals surface area contributed by atoms with Crippen molar-refractivity contribution in [2.24, 2.45) is 0 Å². The molecule has 0 aliphatic heterocycles. The number of nitrogens with one attached hydrogen (secondary N) is 1. The van der Waals surface area contributed by atoms with Crippen molar-refractivity contribution in [3.8, 4) is 0 Å². The minimum atomic E-state index is -0.150. The average Bonchev–Trinajstić information content (AvgIpc) is 2.16. The standard InChI is InChI=1S/C9H8N2O2/c12-5-8-6-1-2-9(13)11-7(6)3-4-10-8/h1-4,12H,5H2,(H,11,13). The fourth-order valence-corrected chi connectivity index (χ4v) is 1.27. The Bertz CT molecular complexity index is 490. The zero-order valence-electron chi connectivity index (χ0n) is 6.82. The molecule has 4 heteroatoms. The molecule has 0 bridgehead atoms. The first-order valence-corrected chi connectivity index (χ1v) is 3.89. The van der Waals surface area contributed by atoms with Gasteiger partial charge in [-0.2, -0.15) is 0 Å². The smallest absolute Gasteiger partial charge is 0.248 e. The van der Waals surface area contributed by atoms with Gasteiger partial charge in [-0.25, -0.2) is 0 Å². The molecule has 2 N–H and O–H groups in total. The number of hydrogen-bond acceptors (Lipinski definition) is 3. The molecule has 0 aromatic carbocycles.